The first-order chi connectivity index (χ1) is 10.9. The van der Waals surface area contributed by atoms with Crippen LogP contribution >= 0.6 is 0 Å². The van der Waals surface area contributed by atoms with Crippen LogP contribution in [0, 0.1) is 0 Å². The van der Waals surface area contributed by atoms with Gasteiger partial charge in [-0.2, -0.15) is 0 Å². The molecule has 0 atom stereocenters. The highest BCUT2D eigenvalue weighted by atomic mass is 16.3. The van der Waals surface area contributed by atoms with Crippen LogP contribution in [0.2, 0.25) is 0 Å². The highest BCUT2D eigenvalue weighted by Crippen LogP contribution is 2.42. The first kappa shape index (κ1) is 20.0. The molecule has 1 aromatic carbocycles. The molecule has 0 unspecified atom stereocenters. The quantitative estimate of drug-likeness (QED) is 0.574. The van der Waals surface area contributed by atoms with Crippen LogP contribution in [0.1, 0.15) is 90.2 Å². The standard InChI is InChI=1S/C20H36N2O/c1-5-12-19(21,13-6-2)16-10-9-11-17(18(16)23)20(22,14-7-3)15-8-4/h9-11,23H,5-8,12-15,21-22H2,1-4H3. The fraction of sp³-hybridized carbons (Fsp3) is 0.700. The van der Waals surface area contributed by atoms with Crippen molar-refractivity contribution in [2.24, 2.45) is 11.5 Å². The number of aromatic hydroxyl groups is 1. The number of phenols is 1. The topological polar surface area (TPSA) is 72.3 Å². The third-order valence-corrected chi connectivity index (χ3v) is 4.89. The van der Waals surface area contributed by atoms with Crippen molar-refractivity contribution in [1.29, 1.82) is 0 Å². The van der Waals surface area contributed by atoms with E-state index < -0.39 is 11.1 Å². The SMILES string of the molecule is CCCC(N)(CCC)c1cccc(C(N)(CCC)CCC)c1O. The Bertz CT molecular complexity index is 432. The maximum atomic E-state index is 11.0. The maximum Gasteiger partial charge on any atom is 0.125 e. The van der Waals surface area contributed by atoms with E-state index in [1.54, 1.807) is 0 Å². The van der Waals surface area contributed by atoms with Gasteiger partial charge in [0, 0.05) is 22.2 Å². The minimum Gasteiger partial charge on any atom is -0.507 e. The molecule has 23 heavy (non-hydrogen) atoms. The number of hydrogen-bond acceptors (Lipinski definition) is 3. The van der Waals surface area contributed by atoms with E-state index in [1.807, 2.05) is 18.2 Å². The minimum atomic E-state index is -0.469. The summed E-state index contributed by atoms with van der Waals surface area (Å²) >= 11 is 0. The van der Waals surface area contributed by atoms with Gasteiger partial charge >= 0.3 is 0 Å². The van der Waals surface area contributed by atoms with E-state index in [9.17, 15) is 5.11 Å². The molecule has 132 valence electrons. The second kappa shape index (κ2) is 8.70. The number of hydrogen-bond donors (Lipinski definition) is 3. The minimum absolute atomic E-state index is 0.321. The Morgan fingerprint density at radius 2 is 1.04 bits per heavy atom. The molecule has 3 nitrogen and oxygen atoms in total. The van der Waals surface area contributed by atoms with Crippen molar-refractivity contribution in [3.63, 3.8) is 0 Å². The van der Waals surface area contributed by atoms with Crippen LogP contribution in [0.3, 0.4) is 0 Å². The van der Waals surface area contributed by atoms with Crippen LogP contribution in [0.15, 0.2) is 18.2 Å². The lowest BCUT2D eigenvalue weighted by molar-refractivity contribution is 0.325. The summed E-state index contributed by atoms with van der Waals surface area (Å²) in [5.74, 6) is 0.321. The Morgan fingerprint density at radius 3 is 1.30 bits per heavy atom. The van der Waals surface area contributed by atoms with E-state index in [0.29, 0.717) is 5.75 Å². The van der Waals surface area contributed by atoms with Gasteiger partial charge in [0.2, 0.25) is 0 Å². The van der Waals surface area contributed by atoms with Crippen LogP contribution in [-0.2, 0) is 11.1 Å². The van der Waals surface area contributed by atoms with E-state index in [2.05, 4.69) is 27.7 Å². The molecule has 0 aliphatic carbocycles. The van der Waals surface area contributed by atoms with Gasteiger partial charge in [-0.15, -0.1) is 0 Å². The lowest BCUT2D eigenvalue weighted by Crippen LogP contribution is -2.39. The molecular formula is C20H36N2O. The average Bonchev–Trinajstić information content (AvgIpc) is 2.48. The van der Waals surface area contributed by atoms with Gasteiger partial charge < -0.3 is 16.6 Å². The highest BCUT2D eigenvalue weighted by molar-refractivity contribution is 5.47. The fourth-order valence-electron chi connectivity index (χ4n) is 3.92. The zero-order valence-electron chi connectivity index (χ0n) is 15.5. The normalized spacial score (nSPS) is 12.6. The Morgan fingerprint density at radius 1 is 0.739 bits per heavy atom. The molecule has 0 aliphatic heterocycles. The molecule has 0 spiro atoms. The predicted molar refractivity (Wildman–Crippen MR) is 99.5 cm³/mol. The van der Waals surface area contributed by atoms with Gasteiger partial charge in [-0.25, -0.2) is 0 Å². The summed E-state index contributed by atoms with van der Waals surface area (Å²) in [4.78, 5) is 0. The molecule has 3 heteroatoms. The summed E-state index contributed by atoms with van der Waals surface area (Å²) in [5, 5.41) is 11.0. The van der Waals surface area contributed by atoms with Gasteiger partial charge in [-0.1, -0.05) is 71.6 Å². The van der Waals surface area contributed by atoms with E-state index in [4.69, 9.17) is 11.5 Å². The Labute approximate surface area is 142 Å². The number of benzene rings is 1. The van der Waals surface area contributed by atoms with E-state index in [1.165, 1.54) is 0 Å². The zero-order chi connectivity index (χ0) is 17.5. The molecule has 0 radical (unpaired) electrons. The van der Waals surface area contributed by atoms with E-state index in [-0.39, 0.29) is 0 Å². The molecule has 0 saturated carbocycles. The van der Waals surface area contributed by atoms with Crippen molar-refractivity contribution in [2.75, 3.05) is 0 Å². The molecule has 0 amide bonds. The highest BCUT2D eigenvalue weighted by Gasteiger charge is 2.34. The maximum absolute atomic E-state index is 11.0. The number of nitrogens with two attached hydrogens (primary N) is 2. The molecule has 1 rings (SSSR count). The second-order valence-corrected chi connectivity index (χ2v) is 7.01. The van der Waals surface area contributed by atoms with Crippen molar-refractivity contribution in [3.8, 4) is 5.75 Å². The number of para-hydroxylation sites is 1. The zero-order valence-corrected chi connectivity index (χ0v) is 15.5. The lowest BCUT2D eigenvalue weighted by atomic mass is 9.77. The molecular weight excluding hydrogens is 284 g/mol. The van der Waals surface area contributed by atoms with E-state index in [0.717, 1.165) is 62.5 Å². The largest absolute Gasteiger partial charge is 0.507 e. The van der Waals surface area contributed by atoms with Crippen LogP contribution in [-0.4, -0.2) is 5.11 Å². The third-order valence-electron chi connectivity index (χ3n) is 4.89. The van der Waals surface area contributed by atoms with Crippen LogP contribution in [0.25, 0.3) is 0 Å². The smallest absolute Gasteiger partial charge is 0.125 e. The molecule has 1 aromatic rings. The van der Waals surface area contributed by atoms with Gasteiger partial charge in [0.1, 0.15) is 5.75 Å². The first-order valence-corrected chi connectivity index (χ1v) is 9.29. The molecule has 0 bridgehead atoms. The van der Waals surface area contributed by atoms with Crippen molar-refractivity contribution in [2.45, 2.75) is 90.1 Å². The first-order valence-electron chi connectivity index (χ1n) is 9.29. The Kier molecular flexibility index (Phi) is 7.56. The van der Waals surface area contributed by atoms with Gasteiger partial charge in [-0.05, 0) is 25.7 Å². The van der Waals surface area contributed by atoms with Gasteiger partial charge in [0.15, 0.2) is 0 Å². The Balaban J connectivity index is 3.39. The summed E-state index contributed by atoms with van der Waals surface area (Å²) in [6.45, 7) is 8.55. The van der Waals surface area contributed by atoms with Crippen molar-refractivity contribution < 1.29 is 5.11 Å². The van der Waals surface area contributed by atoms with Crippen molar-refractivity contribution >= 4 is 0 Å². The summed E-state index contributed by atoms with van der Waals surface area (Å²) in [7, 11) is 0. The lowest BCUT2D eigenvalue weighted by Gasteiger charge is -2.35. The second-order valence-electron chi connectivity index (χ2n) is 7.01. The van der Waals surface area contributed by atoms with Crippen molar-refractivity contribution in [3.05, 3.63) is 29.3 Å². The monoisotopic (exact) mass is 320 g/mol. The molecule has 0 aromatic heterocycles. The Hall–Kier alpha value is -1.06. The van der Waals surface area contributed by atoms with Crippen molar-refractivity contribution in [1.82, 2.24) is 0 Å². The number of phenolic OH excluding ortho intramolecular Hbond substituents is 1. The number of rotatable bonds is 10. The van der Waals surface area contributed by atoms with Gasteiger partial charge in [0.25, 0.3) is 0 Å². The fourth-order valence-corrected chi connectivity index (χ4v) is 3.92. The molecule has 0 saturated heterocycles. The summed E-state index contributed by atoms with van der Waals surface area (Å²) in [5.41, 5.74) is 14.2. The van der Waals surface area contributed by atoms with Crippen LogP contribution in [0.4, 0.5) is 0 Å². The molecule has 0 heterocycles. The summed E-state index contributed by atoms with van der Waals surface area (Å²) in [6.07, 6.45) is 7.48. The molecule has 0 fully saturated rings. The third kappa shape index (κ3) is 4.48. The van der Waals surface area contributed by atoms with E-state index >= 15 is 0 Å². The summed E-state index contributed by atoms with van der Waals surface area (Å²) < 4.78 is 0. The average molecular weight is 321 g/mol. The predicted octanol–water partition coefficient (Wildman–Crippen LogP) is 4.90. The van der Waals surface area contributed by atoms with Crippen LogP contribution < -0.4 is 11.5 Å². The molecule has 5 N–H and O–H groups in total. The van der Waals surface area contributed by atoms with Crippen LogP contribution in [0.5, 0.6) is 5.75 Å². The van der Waals surface area contributed by atoms with Gasteiger partial charge in [-0.3, -0.25) is 0 Å². The summed E-state index contributed by atoms with van der Waals surface area (Å²) in [6, 6.07) is 5.95. The van der Waals surface area contributed by atoms with Gasteiger partial charge in [0.05, 0.1) is 0 Å². The molecule has 0 aliphatic rings.